The molecule has 9 nitrogen and oxygen atoms in total. The van der Waals surface area contributed by atoms with Gasteiger partial charge < -0.3 is 15.0 Å². The second-order valence-electron chi connectivity index (χ2n) is 7.52. The van der Waals surface area contributed by atoms with Crippen LogP contribution < -0.4 is 10.2 Å². The van der Waals surface area contributed by atoms with Crippen LogP contribution in [0.2, 0.25) is 0 Å². The summed E-state index contributed by atoms with van der Waals surface area (Å²) < 4.78 is 24.1. The highest BCUT2D eigenvalue weighted by molar-refractivity contribution is 5.92. The Morgan fingerprint density at radius 1 is 1.41 bits per heavy atom. The Kier molecular flexibility index (Phi) is 3.64. The van der Waals surface area contributed by atoms with E-state index in [0.717, 1.165) is 19.4 Å². The fourth-order valence-corrected chi connectivity index (χ4v) is 4.82. The van der Waals surface area contributed by atoms with Crippen LogP contribution in [0.4, 0.5) is 10.3 Å². The van der Waals surface area contributed by atoms with Crippen molar-refractivity contribution in [2.45, 2.75) is 31.5 Å². The topological polar surface area (TPSA) is 106 Å². The normalized spacial score (nSPS) is 31.3. The van der Waals surface area contributed by atoms with Gasteiger partial charge in [0, 0.05) is 24.9 Å². The lowest BCUT2D eigenvalue weighted by Gasteiger charge is -2.29. The minimum absolute atomic E-state index is 0.142. The molecule has 4 atom stereocenters. The molecule has 1 amide bonds. The predicted molar refractivity (Wildman–Crippen MR) is 89.4 cm³/mol. The Labute approximate surface area is 154 Å². The minimum Gasteiger partial charge on any atom is -0.369 e. The first-order valence-electron chi connectivity index (χ1n) is 9.03. The Bertz CT molecular complexity index is 874. The summed E-state index contributed by atoms with van der Waals surface area (Å²) in [5.74, 6) is 0.239. The van der Waals surface area contributed by atoms with Crippen LogP contribution in [0, 0.1) is 24.6 Å². The lowest BCUT2D eigenvalue weighted by molar-refractivity contribution is 0.0141. The van der Waals surface area contributed by atoms with Gasteiger partial charge >= 0.3 is 0 Å². The zero-order valence-corrected chi connectivity index (χ0v) is 14.8. The summed E-state index contributed by atoms with van der Waals surface area (Å²) in [6, 6.07) is 0. The number of ether oxygens (including phenoxy) is 1. The molecule has 27 heavy (non-hydrogen) atoms. The summed E-state index contributed by atoms with van der Waals surface area (Å²) in [7, 11) is 0. The van der Waals surface area contributed by atoms with Gasteiger partial charge in [-0.2, -0.15) is 0 Å². The number of hydrogen-bond donors (Lipinski definition) is 1. The molecule has 0 aromatic carbocycles. The Balaban J connectivity index is 1.30. The predicted octanol–water partition coefficient (Wildman–Crippen LogP) is 0.721. The second kappa shape index (κ2) is 5.95. The molecule has 10 heteroatoms. The molecule has 0 aliphatic carbocycles. The number of carbonyl (C=O) groups excluding carboxylic acids is 1. The van der Waals surface area contributed by atoms with E-state index in [9.17, 15) is 9.18 Å². The van der Waals surface area contributed by atoms with Crippen molar-refractivity contribution in [1.82, 2.24) is 25.6 Å². The number of fused-ring (bicyclic) bond motifs is 1. The number of rotatable bonds is 4. The van der Waals surface area contributed by atoms with Crippen LogP contribution >= 0.6 is 0 Å². The van der Waals surface area contributed by atoms with Gasteiger partial charge in [-0.15, -0.1) is 0 Å². The molecular formula is C17H19FN6O3. The van der Waals surface area contributed by atoms with Crippen molar-refractivity contribution >= 4 is 11.9 Å². The fourth-order valence-electron chi connectivity index (χ4n) is 4.82. The zero-order chi connectivity index (χ0) is 18.6. The highest BCUT2D eigenvalue weighted by Crippen LogP contribution is 2.54. The molecule has 3 aliphatic heterocycles. The lowest BCUT2D eigenvalue weighted by Crippen LogP contribution is -2.42. The molecule has 1 spiro atoms. The van der Waals surface area contributed by atoms with E-state index in [2.05, 4.69) is 30.2 Å². The van der Waals surface area contributed by atoms with E-state index in [-0.39, 0.29) is 35.1 Å². The van der Waals surface area contributed by atoms with Crippen LogP contribution in [0.1, 0.15) is 29.0 Å². The summed E-state index contributed by atoms with van der Waals surface area (Å²) in [6.07, 6.45) is 4.45. The number of hydrogen-bond acceptors (Lipinski definition) is 8. The van der Waals surface area contributed by atoms with Crippen molar-refractivity contribution in [3.8, 4) is 0 Å². The summed E-state index contributed by atoms with van der Waals surface area (Å²) >= 11 is 0. The highest BCUT2D eigenvalue weighted by Gasteiger charge is 2.63. The maximum Gasteiger partial charge on any atom is 0.275 e. The summed E-state index contributed by atoms with van der Waals surface area (Å²) in [5, 5.41) is 10.2. The van der Waals surface area contributed by atoms with Crippen LogP contribution in [-0.2, 0) is 4.74 Å². The van der Waals surface area contributed by atoms with Crippen LogP contribution in [0.25, 0.3) is 0 Å². The first kappa shape index (κ1) is 16.5. The van der Waals surface area contributed by atoms with Gasteiger partial charge in [-0.1, -0.05) is 5.16 Å². The SMILES string of the molecule is Cc1nonc1C(=O)NC[C@H]1[C@H]2CN(c3ncc(F)cn3)C[C@]23CC[C@H]1O3. The van der Waals surface area contributed by atoms with Gasteiger partial charge in [0.15, 0.2) is 11.5 Å². The average molecular weight is 374 g/mol. The number of anilines is 1. The van der Waals surface area contributed by atoms with Gasteiger partial charge in [0.05, 0.1) is 30.6 Å². The Hall–Kier alpha value is -2.62. The second-order valence-corrected chi connectivity index (χ2v) is 7.52. The quantitative estimate of drug-likeness (QED) is 0.834. The third kappa shape index (κ3) is 2.58. The van der Waals surface area contributed by atoms with Crippen LogP contribution in [0.15, 0.2) is 17.0 Å². The summed E-state index contributed by atoms with van der Waals surface area (Å²) in [6.45, 7) is 3.60. The molecule has 2 aromatic heterocycles. The minimum atomic E-state index is -0.452. The molecule has 5 rings (SSSR count). The molecule has 142 valence electrons. The third-order valence-electron chi connectivity index (χ3n) is 6.04. The van der Waals surface area contributed by atoms with Crippen molar-refractivity contribution in [3.05, 3.63) is 29.6 Å². The van der Waals surface area contributed by atoms with Crippen molar-refractivity contribution in [3.63, 3.8) is 0 Å². The summed E-state index contributed by atoms with van der Waals surface area (Å²) in [4.78, 5) is 22.6. The Morgan fingerprint density at radius 2 is 2.22 bits per heavy atom. The molecule has 1 N–H and O–H groups in total. The number of carbonyl (C=O) groups is 1. The fraction of sp³-hybridized carbons (Fsp3) is 0.588. The molecule has 5 heterocycles. The molecule has 2 bridgehead atoms. The smallest absolute Gasteiger partial charge is 0.275 e. The number of aromatic nitrogens is 4. The zero-order valence-electron chi connectivity index (χ0n) is 14.8. The number of amides is 1. The molecule has 2 aromatic rings. The Morgan fingerprint density at radius 3 is 2.96 bits per heavy atom. The first-order valence-corrected chi connectivity index (χ1v) is 9.03. The first-order chi connectivity index (χ1) is 13.1. The molecule has 0 radical (unpaired) electrons. The van der Waals surface area contributed by atoms with Gasteiger partial charge in [-0.05, 0) is 24.9 Å². The maximum absolute atomic E-state index is 13.1. The van der Waals surface area contributed by atoms with Gasteiger partial charge in [0.1, 0.15) is 5.69 Å². The van der Waals surface area contributed by atoms with Crippen molar-refractivity contribution in [1.29, 1.82) is 0 Å². The third-order valence-corrected chi connectivity index (χ3v) is 6.04. The van der Waals surface area contributed by atoms with E-state index in [0.29, 0.717) is 24.7 Å². The molecule has 3 aliphatic rings. The molecule has 0 unspecified atom stereocenters. The monoisotopic (exact) mass is 374 g/mol. The van der Waals surface area contributed by atoms with Gasteiger partial charge in [-0.25, -0.2) is 19.0 Å². The van der Waals surface area contributed by atoms with E-state index < -0.39 is 5.82 Å². The molecule has 3 fully saturated rings. The van der Waals surface area contributed by atoms with Crippen molar-refractivity contribution in [2.75, 3.05) is 24.5 Å². The standard InChI is InChI=1S/C17H19FN6O3/c1-9-14(23-27-22-9)15(25)19-6-11-12-7-24(16-20-4-10(18)5-21-16)8-17(12)3-2-13(11)26-17/h4-5,11-13H,2-3,6-8H2,1H3,(H,19,25)/t11-,12+,13+,17+/m0/s1. The van der Waals surface area contributed by atoms with E-state index in [1.54, 1.807) is 6.92 Å². The largest absolute Gasteiger partial charge is 0.369 e. The van der Waals surface area contributed by atoms with Crippen LogP contribution in [0.3, 0.4) is 0 Å². The van der Waals surface area contributed by atoms with Crippen molar-refractivity contribution in [2.24, 2.45) is 11.8 Å². The molecule has 3 saturated heterocycles. The molecular weight excluding hydrogens is 355 g/mol. The molecule has 0 saturated carbocycles. The van der Waals surface area contributed by atoms with Crippen molar-refractivity contribution < 1.29 is 18.6 Å². The van der Waals surface area contributed by atoms with E-state index in [1.807, 2.05) is 4.90 Å². The lowest BCUT2D eigenvalue weighted by atomic mass is 9.73. The van der Waals surface area contributed by atoms with Gasteiger partial charge in [-0.3, -0.25) is 4.79 Å². The number of aryl methyl sites for hydroxylation is 1. The number of halogens is 1. The number of nitrogens with one attached hydrogen (secondary N) is 1. The summed E-state index contributed by atoms with van der Waals surface area (Å²) in [5.41, 5.74) is 0.443. The maximum atomic E-state index is 13.1. The highest BCUT2D eigenvalue weighted by atomic mass is 19.1. The van der Waals surface area contributed by atoms with E-state index in [4.69, 9.17) is 4.74 Å². The van der Waals surface area contributed by atoms with Crippen LogP contribution in [-0.4, -0.2) is 57.5 Å². The van der Waals surface area contributed by atoms with E-state index >= 15 is 0 Å². The number of nitrogens with zero attached hydrogens (tertiary/aromatic N) is 5. The van der Waals surface area contributed by atoms with Gasteiger partial charge in [0.2, 0.25) is 5.95 Å². The van der Waals surface area contributed by atoms with Crippen LogP contribution in [0.5, 0.6) is 0 Å². The van der Waals surface area contributed by atoms with Gasteiger partial charge in [0.25, 0.3) is 5.91 Å². The average Bonchev–Trinajstić information content (AvgIpc) is 3.40. The van der Waals surface area contributed by atoms with E-state index in [1.165, 1.54) is 12.4 Å².